The topological polar surface area (TPSA) is 71.5 Å². The van der Waals surface area contributed by atoms with Gasteiger partial charge in [-0.05, 0) is 12.5 Å². The van der Waals surface area contributed by atoms with Crippen molar-refractivity contribution in [2.45, 2.75) is 25.8 Å². The van der Waals surface area contributed by atoms with Gasteiger partial charge in [0.15, 0.2) is 0 Å². The fourth-order valence-corrected chi connectivity index (χ4v) is 1.82. The first-order valence-electron chi connectivity index (χ1n) is 5.72. The van der Waals surface area contributed by atoms with Crippen LogP contribution < -0.4 is 5.32 Å². The highest BCUT2D eigenvalue weighted by molar-refractivity contribution is 6.33. The lowest BCUT2D eigenvalue weighted by Crippen LogP contribution is -2.25. The van der Waals surface area contributed by atoms with Gasteiger partial charge >= 0.3 is 5.97 Å². The molecule has 1 rings (SSSR count). The van der Waals surface area contributed by atoms with Gasteiger partial charge in [-0.3, -0.25) is 0 Å². The SMILES string of the molecule is CCCC(COC)Nc1ncc(C(=O)O)cc1Cl. The van der Waals surface area contributed by atoms with Crippen LogP contribution in [0.2, 0.25) is 5.02 Å². The molecule has 2 N–H and O–H groups in total. The summed E-state index contributed by atoms with van der Waals surface area (Å²) in [7, 11) is 1.63. The fourth-order valence-electron chi connectivity index (χ4n) is 1.60. The van der Waals surface area contributed by atoms with E-state index in [1.165, 1.54) is 12.3 Å². The third-order valence-corrected chi connectivity index (χ3v) is 2.72. The molecular formula is C12H17ClN2O3. The molecular weight excluding hydrogens is 256 g/mol. The number of hydrogen-bond donors (Lipinski definition) is 2. The van der Waals surface area contributed by atoms with Crippen molar-refractivity contribution in [2.24, 2.45) is 0 Å². The minimum atomic E-state index is -1.04. The highest BCUT2D eigenvalue weighted by Crippen LogP contribution is 2.21. The van der Waals surface area contributed by atoms with Crippen LogP contribution in [0.5, 0.6) is 0 Å². The normalized spacial score (nSPS) is 12.2. The summed E-state index contributed by atoms with van der Waals surface area (Å²) in [6.45, 7) is 2.62. The van der Waals surface area contributed by atoms with Crippen molar-refractivity contribution in [3.63, 3.8) is 0 Å². The summed E-state index contributed by atoms with van der Waals surface area (Å²) in [5.41, 5.74) is 0.0735. The van der Waals surface area contributed by atoms with Crippen LogP contribution in [0.4, 0.5) is 5.82 Å². The van der Waals surface area contributed by atoms with E-state index >= 15 is 0 Å². The van der Waals surface area contributed by atoms with Crippen molar-refractivity contribution in [2.75, 3.05) is 19.0 Å². The maximum absolute atomic E-state index is 10.8. The van der Waals surface area contributed by atoms with Crippen LogP contribution in [0.3, 0.4) is 0 Å². The molecule has 100 valence electrons. The molecule has 1 aromatic heterocycles. The lowest BCUT2D eigenvalue weighted by molar-refractivity contribution is 0.0696. The van der Waals surface area contributed by atoms with Crippen molar-refractivity contribution in [3.8, 4) is 0 Å². The molecule has 18 heavy (non-hydrogen) atoms. The summed E-state index contributed by atoms with van der Waals surface area (Å²) in [6, 6.07) is 1.50. The molecule has 1 aromatic rings. The van der Waals surface area contributed by atoms with Crippen LogP contribution in [0.25, 0.3) is 0 Å². The van der Waals surface area contributed by atoms with Crippen LogP contribution in [-0.4, -0.2) is 35.8 Å². The number of carboxylic acid groups (broad SMARTS) is 1. The number of halogens is 1. The van der Waals surface area contributed by atoms with Gasteiger partial charge in [-0.15, -0.1) is 0 Å². The van der Waals surface area contributed by atoms with Crippen LogP contribution in [0.1, 0.15) is 30.1 Å². The summed E-state index contributed by atoms with van der Waals surface area (Å²) < 4.78 is 5.10. The third-order valence-electron chi connectivity index (χ3n) is 2.43. The molecule has 1 unspecified atom stereocenters. The zero-order valence-electron chi connectivity index (χ0n) is 10.4. The molecule has 0 amide bonds. The fraction of sp³-hybridized carbons (Fsp3) is 0.500. The van der Waals surface area contributed by atoms with Crippen LogP contribution in [0, 0.1) is 0 Å². The first-order chi connectivity index (χ1) is 8.58. The molecule has 0 aliphatic carbocycles. The quantitative estimate of drug-likeness (QED) is 0.798. The summed E-state index contributed by atoms with van der Waals surface area (Å²) in [5.74, 6) is -0.560. The van der Waals surface area contributed by atoms with Crippen LogP contribution >= 0.6 is 11.6 Å². The minimum Gasteiger partial charge on any atom is -0.478 e. The summed E-state index contributed by atoms with van der Waals surface area (Å²) >= 11 is 5.99. The third kappa shape index (κ3) is 4.16. The molecule has 1 heterocycles. The summed E-state index contributed by atoms with van der Waals surface area (Å²) in [4.78, 5) is 14.8. The van der Waals surface area contributed by atoms with Gasteiger partial charge in [0, 0.05) is 13.3 Å². The number of carbonyl (C=O) groups is 1. The van der Waals surface area contributed by atoms with Crippen LogP contribution in [0.15, 0.2) is 12.3 Å². The van der Waals surface area contributed by atoms with Crippen LogP contribution in [-0.2, 0) is 4.74 Å². The van der Waals surface area contributed by atoms with Gasteiger partial charge in [-0.1, -0.05) is 24.9 Å². The Labute approximate surface area is 111 Å². The Balaban J connectivity index is 2.79. The zero-order valence-corrected chi connectivity index (χ0v) is 11.2. The van der Waals surface area contributed by atoms with E-state index in [0.717, 1.165) is 12.8 Å². The summed E-state index contributed by atoms with van der Waals surface area (Å²) in [6.07, 6.45) is 3.21. The Hall–Kier alpha value is -1.33. The maximum Gasteiger partial charge on any atom is 0.337 e. The van der Waals surface area contributed by atoms with E-state index in [4.69, 9.17) is 21.4 Å². The largest absolute Gasteiger partial charge is 0.478 e. The van der Waals surface area contributed by atoms with E-state index in [1.807, 2.05) is 0 Å². The standard InChI is InChI=1S/C12H17ClN2O3/c1-3-4-9(7-18-2)15-11-10(13)5-8(6-14-11)12(16)17/h5-6,9H,3-4,7H2,1-2H3,(H,14,15)(H,16,17). The molecule has 1 atom stereocenters. The average Bonchev–Trinajstić information content (AvgIpc) is 2.32. The Kier molecular flexibility index (Phi) is 5.88. The smallest absolute Gasteiger partial charge is 0.337 e. The number of aromatic nitrogens is 1. The molecule has 0 saturated heterocycles. The highest BCUT2D eigenvalue weighted by atomic mass is 35.5. The predicted octanol–water partition coefficient (Wildman–Crippen LogP) is 2.66. The molecule has 0 aromatic carbocycles. The number of ether oxygens (including phenoxy) is 1. The number of aromatic carboxylic acids is 1. The predicted molar refractivity (Wildman–Crippen MR) is 70.4 cm³/mol. The molecule has 0 aliphatic heterocycles. The second-order valence-corrected chi connectivity index (χ2v) is 4.35. The Morgan fingerprint density at radius 3 is 2.89 bits per heavy atom. The molecule has 0 spiro atoms. The van der Waals surface area contributed by atoms with Gasteiger partial charge in [-0.2, -0.15) is 0 Å². The Bertz CT molecular complexity index is 406. The van der Waals surface area contributed by atoms with Gasteiger partial charge in [0.2, 0.25) is 0 Å². The molecule has 0 radical (unpaired) electrons. The monoisotopic (exact) mass is 272 g/mol. The molecule has 0 bridgehead atoms. The number of pyridine rings is 1. The minimum absolute atomic E-state index is 0.0735. The molecule has 0 aliphatic rings. The molecule has 0 fully saturated rings. The first kappa shape index (κ1) is 14.7. The van der Waals surface area contributed by atoms with Gasteiger partial charge in [0.05, 0.1) is 23.2 Å². The number of nitrogens with zero attached hydrogens (tertiary/aromatic N) is 1. The zero-order chi connectivity index (χ0) is 13.5. The number of methoxy groups -OCH3 is 1. The molecule has 0 saturated carbocycles. The number of rotatable bonds is 7. The van der Waals surface area contributed by atoms with E-state index in [9.17, 15) is 4.79 Å². The first-order valence-corrected chi connectivity index (χ1v) is 6.10. The van der Waals surface area contributed by atoms with Crippen molar-refractivity contribution >= 4 is 23.4 Å². The lowest BCUT2D eigenvalue weighted by atomic mass is 10.2. The number of anilines is 1. The number of carboxylic acids is 1. The second kappa shape index (κ2) is 7.18. The Morgan fingerprint density at radius 2 is 2.39 bits per heavy atom. The average molecular weight is 273 g/mol. The lowest BCUT2D eigenvalue weighted by Gasteiger charge is -2.18. The van der Waals surface area contributed by atoms with Crippen molar-refractivity contribution < 1.29 is 14.6 Å². The van der Waals surface area contributed by atoms with E-state index in [1.54, 1.807) is 7.11 Å². The summed E-state index contributed by atoms with van der Waals surface area (Å²) in [5, 5.41) is 12.3. The maximum atomic E-state index is 10.8. The second-order valence-electron chi connectivity index (χ2n) is 3.94. The van der Waals surface area contributed by atoms with Gasteiger partial charge in [0.25, 0.3) is 0 Å². The number of hydrogen-bond acceptors (Lipinski definition) is 4. The van der Waals surface area contributed by atoms with E-state index in [-0.39, 0.29) is 11.6 Å². The van der Waals surface area contributed by atoms with E-state index in [0.29, 0.717) is 17.4 Å². The highest BCUT2D eigenvalue weighted by Gasteiger charge is 2.12. The van der Waals surface area contributed by atoms with Crippen molar-refractivity contribution in [1.82, 2.24) is 4.98 Å². The molecule has 5 nitrogen and oxygen atoms in total. The number of nitrogens with one attached hydrogen (secondary N) is 1. The van der Waals surface area contributed by atoms with Crippen molar-refractivity contribution in [1.29, 1.82) is 0 Å². The van der Waals surface area contributed by atoms with Gasteiger partial charge in [-0.25, -0.2) is 9.78 Å². The van der Waals surface area contributed by atoms with Gasteiger partial charge in [0.1, 0.15) is 5.82 Å². The molecule has 6 heteroatoms. The van der Waals surface area contributed by atoms with E-state index < -0.39 is 5.97 Å². The Morgan fingerprint density at radius 1 is 1.67 bits per heavy atom. The van der Waals surface area contributed by atoms with Gasteiger partial charge < -0.3 is 15.2 Å². The van der Waals surface area contributed by atoms with E-state index in [2.05, 4.69) is 17.2 Å². The van der Waals surface area contributed by atoms with Crippen molar-refractivity contribution in [3.05, 3.63) is 22.8 Å².